The Labute approximate surface area is 230 Å². The Morgan fingerprint density at radius 3 is 2.27 bits per heavy atom. The number of benzene rings is 1. The van der Waals surface area contributed by atoms with Crippen molar-refractivity contribution in [2.24, 2.45) is 5.92 Å². The number of hydrogen-bond donors (Lipinski definition) is 3. The summed E-state index contributed by atoms with van der Waals surface area (Å²) in [6, 6.07) is 6.26. The molecular weight excluding hydrogens is 553 g/mol. The zero-order valence-corrected chi connectivity index (χ0v) is 23.1. The summed E-state index contributed by atoms with van der Waals surface area (Å²) in [4.78, 5) is 30.0. The molecule has 0 spiro atoms. The summed E-state index contributed by atoms with van der Waals surface area (Å²) in [6.07, 6.45) is 0.940. The quantitative estimate of drug-likeness (QED) is 0.437. The van der Waals surface area contributed by atoms with Crippen molar-refractivity contribution in [2.45, 2.75) is 50.6 Å². The predicted octanol–water partition coefficient (Wildman–Crippen LogP) is 4.14. The summed E-state index contributed by atoms with van der Waals surface area (Å²) in [5.41, 5.74) is 2.01. The lowest BCUT2D eigenvalue weighted by molar-refractivity contribution is -0.192. The zero-order chi connectivity index (χ0) is 29.7. The van der Waals surface area contributed by atoms with Gasteiger partial charge in [0.15, 0.2) is 0 Å². The number of halogens is 3. The number of anilines is 2. The number of aromatic nitrogens is 1. The van der Waals surface area contributed by atoms with Gasteiger partial charge in [-0.1, -0.05) is 6.07 Å². The van der Waals surface area contributed by atoms with Crippen LogP contribution in [0, 0.1) is 19.8 Å². The SMILES string of the molecule is Cc1ccc(S(=O)(=O)Nc2cnc(N3CCCC(CN4CCCC4)C3)c(C(=O)O)c2)cc1C.O=C(O)C(F)(F)F. The number of nitrogens with zero attached hydrogens (tertiary/aromatic N) is 3. The Bertz CT molecular complexity index is 1330. The van der Waals surface area contributed by atoms with Gasteiger partial charge >= 0.3 is 18.1 Å². The maximum absolute atomic E-state index is 12.8. The number of aryl methyl sites for hydroxylation is 2. The van der Waals surface area contributed by atoms with Crippen LogP contribution < -0.4 is 9.62 Å². The van der Waals surface area contributed by atoms with E-state index in [-0.39, 0.29) is 16.1 Å². The Kier molecular flexibility index (Phi) is 10.0. The maximum atomic E-state index is 12.8. The van der Waals surface area contributed by atoms with Gasteiger partial charge in [0.2, 0.25) is 0 Å². The number of carboxylic acids is 2. The van der Waals surface area contributed by atoms with Crippen LogP contribution in [0.25, 0.3) is 0 Å². The molecule has 3 N–H and O–H groups in total. The standard InChI is InChI=1S/C24H32N4O4S.C2HF3O2/c1-17-7-8-21(12-18(17)2)33(31,32)26-20-13-22(24(29)30)23(25-14-20)28-11-5-6-19(16-28)15-27-9-3-4-10-27;3-2(4,5)1(6)7/h7-8,12-14,19,26H,3-6,9-11,15-16H2,1-2H3,(H,29,30);(H,6,7). The number of carboxylic acid groups (broad SMARTS) is 2. The van der Waals surface area contributed by atoms with E-state index < -0.39 is 28.1 Å². The van der Waals surface area contributed by atoms with Crippen LogP contribution in [0.4, 0.5) is 24.7 Å². The number of piperidine rings is 1. The van der Waals surface area contributed by atoms with Crippen LogP contribution >= 0.6 is 0 Å². The van der Waals surface area contributed by atoms with Crippen molar-refractivity contribution < 1.29 is 41.4 Å². The summed E-state index contributed by atoms with van der Waals surface area (Å²) >= 11 is 0. The molecular formula is C26H33F3N4O6S. The molecule has 1 aromatic heterocycles. The van der Waals surface area contributed by atoms with Gasteiger partial charge in [-0.3, -0.25) is 4.72 Å². The Morgan fingerprint density at radius 2 is 1.70 bits per heavy atom. The molecule has 40 heavy (non-hydrogen) atoms. The molecule has 14 heteroatoms. The number of pyridine rings is 1. The highest BCUT2D eigenvalue weighted by atomic mass is 32.2. The van der Waals surface area contributed by atoms with Gasteiger partial charge in [0.25, 0.3) is 10.0 Å². The highest BCUT2D eigenvalue weighted by molar-refractivity contribution is 7.92. The number of hydrogen-bond acceptors (Lipinski definition) is 7. The lowest BCUT2D eigenvalue weighted by Gasteiger charge is -2.36. The van der Waals surface area contributed by atoms with E-state index in [1.807, 2.05) is 18.7 Å². The van der Waals surface area contributed by atoms with Crippen molar-refractivity contribution >= 4 is 33.5 Å². The fraction of sp³-hybridized carbons (Fsp3) is 0.500. The zero-order valence-electron chi connectivity index (χ0n) is 22.2. The minimum atomic E-state index is -5.08. The van der Waals surface area contributed by atoms with E-state index in [1.54, 1.807) is 18.2 Å². The third-order valence-electron chi connectivity index (χ3n) is 6.91. The van der Waals surface area contributed by atoms with E-state index in [4.69, 9.17) is 9.90 Å². The molecule has 0 bridgehead atoms. The van der Waals surface area contributed by atoms with Gasteiger partial charge in [0, 0.05) is 19.6 Å². The van der Waals surface area contributed by atoms with E-state index in [1.165, 1.54) is 25.1 Å². The van der Waals surface area contributed by atoms with E-state index in [0.717, 1.165) is 56.7 Å². The number of aliphatic carboxylic acids is 1. The second kappa shape index (κ2) is 12.9. The molecule has 2 aliphatic rings. The van der Waals surface area contributed by atoms with Gasteiger partial charge in [-0.25, -0.2) is 23.0 Å². The van der Waals surface area contributed by atoms with Gasteiger partial charge in [0.1, 0.15) is 11.4 Å². The Hall–Kier alpha value is -3.39. The largest absolute Gasteiger partial charge is 0.490 e. The van der Waals surface area contributed by atoms with Gasteiger partial charge in [-0.05, 0) is 87.9 Å². The van der Waals surface area contributed by atoms with Crippen LogP contribution in [0.3, 0.4) is 0 Å². The summed E-state index contributed by atoms with van der Waals surface area (Å²) in [6.45, 7) is 8.59. The van der Waals surface area contributed by atoms with Crippen LogP contribution in [0.1, 0.15) is 47.2 Å². The Balaban J connectivity index is 0.000000559. The number of nitrogens with one attached hydrogen (secondary N) is 1. The van der Waals surface area contributed by atoms with Crippen molar-refractivity contribution in [2.75, 3.05) is 42.3 Å². The molecule has 3 heterocycles. The molecule has 2 fully saturated rings. The molecule has 1 atom stereocenters. The normalized spacial score (nSPS) is 18.1. The van der Waals surface area contributed by atoms with Crippen molar-refractivity contribution in [1.82, 2.24) is 9.88 Å². The van der Waals surface area contributed by atoms with Gasteiger partial charge in [0.05, 0.1) is 16.8 Å². The molecule has 2 saturated heterocycles. The highest BCUT2D eigenvalue weighted by Crippen LogP contribution is 2.28. The number of likely N-dealkylation sites (tertiary alicyclic amines) is 1. The van der Waals surface area contributed by atoms with Crippen LogP contribution in [0.2, 0.25) is 0 Å². The summed E-state index contributed by atoms with van der Waals surface area (Å²) in [5, 5.41) is 17.0. The molecule has 0 saturated carbocycles. The molecule has 4 rings (SSSR count). The van der Waals surface area contributed by atoms with Crippen molar-refractivity contribution in [3.05, 3.63) is 47.2 Å². The van der Waals surface area contributed by atoms with Gasteiger partial charge in [-0.2, -0.15) is 13.2 Å². The van der Waals surface area contributed by atoms with Crippen LogP contribution in [-0.2, 0) is 14.8 Å². The lowest BCUT2D eigenvalue weighted by Crippen LogP contribution is -2.41. The maximum Gasteiger partial charge on any atom is 0.490 e. The first-order valence-corrected chi connectivity index (χ1v) is 14.3. The van der Waals surface area contributed by atoms with E-state index >= 15 is 0 Å². The molecule has 220 valence electrons. The van der Waals surface area contributed by atoms with E-state index in [2.05, 4.69) is 14.6 Å². The predicted molar refractivity (Wildman–Crippen MR) is 142 cm³/mol. The second-order valence-corrected chi connectivity index (χ2v) is 11.7. The minimum absolute atomic E-state index is 0.0112. The smallest absolute Gasteiger partial charge is 0.478 e. The molecule has 10 nitrogen and oxygen atoms in total. The minimum Gasteiger partial charge on any atom is -0.478 e. The van der Waals surface area contributed by atoms with E-state index in [9.17, 15) is 31.5 Å². The summed E-state index contributed by atoms with van der Waals surface area (Å²) in [7, 11) is -3.86. The molecule has 0 aliphatic carbocycles. The third kappa shape index (κ3) is 8.31. The monoisotopic (exact) mass is 586 g/mol. The van der Waals surface area contributed by atoms with Crippen molar-refractivity contribution in [3.63, 3.8) is 0 Å². The van der Waals surface area contributed by atoms with Crippen molar-refractivity contribution in [3.8, 4) is 0 Å². The number of carbonyl (C=O) groups is 2. The summed E-state index contributed by atoms with van der Waals surface area (Å²) < 4.78 is 59.9. The van der Waals surface area contributed by atoms with Crippen molar-refractivity contribution in [1.29, 1.82) is 0 Å². The topological polar surface area (TPSA) is 140 Å². The molecule has 2 aromatic rings. The molecule has 0 amide bonds. The van der Waals surface area contributed by atoms with Crippen LogP contribution in [0.15, 0.2) is 35.4 Å². The third-order valence-corrected chi connectivity index (χ3v) is 8.29. The number of sulfonamides is 1. The van der Waals surface area contributed by atoms with Gasteiger partial charge in [-0.15, -0.1) is 0 Å². The van der Waals surface area contributed by atoms with Gasteiger partial charge < -0.3 is 20.0 Å². The first-order valence-electron chi connectivity index (χ1n) is 12.8. The fourth-order valence-electron chi connectivity index (χ4n) is 4.75. The number of aromatic carboxylic acids is 1. The number of alkyl halides is 3. The number of rotatable bonds is 7. The first kappa shape index (κ1) is 31.1. The fourth-order valence-corrected chi connectivity index (χ4v) is 5.87. The van der Waals surface area contributed by atoms with Crippen LogP contribution in [-0.4, -0.2) is 79.4 Å². The molecule has 0 radical (unpaired) electrons. The van der Waals surface area contributed by atoms with E-state index in [0.29, 0.717) is 11.7 Å². The Morgan fingerprint density at radius 1 is 1.05 bits per heavy atom. The lowest BCUT2D eigenvalue weighted by atomic mass is 9.97. The molecule has 2 aliphatic heterocycles. The second-order valence-electron chi connectivity index (χ2n) is 10.0. The molecule has 1 unspecified atom stereocenters. The first-order chi connectivity index (χ1) is 18.7. The average Bonchev–Trinajstić information content (AvgIpc) is 3.38. The average molecular weight is 587 g/mol. The van der Waals surface area contributed by atoms with Crippen LogP contribution in [0.5, 0.6) is 0 Å². The summed E-state index contributed by atoms with van der Waals surface area (Å²) in [5.74, 6) is -3.00. The molecule has 1 aromatic carbocycles. The highest BCUT2D eigenvalue weighted by Gasteiger charge is 2.38.